The van der Waals surface area contributed by atoms with Gasteiger partial charge in [-0.15, -0.1) is 0 Å². The molecule has 0 N–H and O–H groups in total. The smallest absolute Gasteiger partial charge is 0.341 e. The molecule has 1 atom stereocenters. The second kappa shape index (κ2) is 10.7. The van der Waals surface area contributed by atoms with Crippen molar-refractivity contribution < 1.29 is 19.1 Å². The summed E-state index contributed by atoms with van der Waals surface area (Å²) in [7, 11) is 0. The van der Waals surface area contributed by atoms with Gasteiger partial charge in [0.05, 0.1) is 24.6 Å². The molecule has 9 nitrogen and oxygen atoms in total. The SMILES string of the molecule is CCOC(=O)c1cc2c(=O)n3ccccc3nc2n(CC2CCCO2)c1=NC(=O)/C=C/c1ccccc1. The first-order valence-electron chi connectivity index (χ1n) is 12.2. The molecule has 188 valence electrons. The molecule has 1 amide bonds. The Morgan fingerprint density at radius 2 is 2.00 bits per heavy atom. The average molecular weight is 499 g/mol. The van der Waals surface area contributed by atoms with E-state index in [1.165, 1.54) is 16.5 Å². The monoisotopic (exact) mass is 498 g/mol. The Bertz CT molecular complexity index is 1630. The molecule has 9 heteroatoms. The molecular formula is C28H26N4O5. The number of carbonyl (C=O) groups excluding carboxylic acids is 2. The zero-order chi connectivity index (χ0) is 25.8. The van der Waals surface area contributed by atoms with Crippen molar-refractivity contribution >= 4 is 34.6 Å². The van der Waals surface area contributed by atoms with E-state index < -0.39 is 11.9 Å². The predicted molar refractivity (Wildman–Crippen MR) is 138 cm³/mol. The number of hydrogen-bond acceptors (Lipinski definition) is 6. The summed E-state index contributed by atoms with van der Waals surface area (Å²) >= 11 is 0. The summed E-state index contributed by atoms with van der Waals surface area (Å²) in [5.41, 5.74) is 1.35. The Morgan fingerprint density at radius 1 is 1.19 bits per heavy atom. The number of amides is 1. The summed E-state index contributed by atoms with van der Waals surface area (Å²) in [4.78, 5) is 48.5. The maximum absolute atomic E-state index is 13.4. The minimum Gasteiger partial charge on any atom is -0.462 e. The van der Waals surface area contributed by atoms with Crippen molar-refractivity contribution in [2.45, 2.75) is 32.4 Å². The van der Waals surface area contributed by atoms with E-state index >= 15 is 0 Å². The van der Waals surface area contributed by atoms with Crippen LogP contribution in [0.5, 0.6) is 0 Å². The van der Waals surface area contributed by atoms with Gasteiger partial charge in [0.15, 0.2) is 5.49 Å². The molecule has 1 aromatic carbocycles. The van der Waals surface area contributed by atoms with Crippen LogP contribution in [0.3, 0.4) is 0 Å². The summed E-state index contributed by atoms with van der Waals surface area (Å²) in [6.07, 6.45) is 6.13. The van der Waals surface area contributed by atoms with Gasteiger partial charge in [0.1, 0.15) is 16.9 Å². The molecule has 4 aromatic rings. The van der Waals surface area contributed by atoms with Crippen LogP contribution in [-0.4, -0.2) is 45.1 Å². The second-order valence-corrected chi connectivity index (χ2v) is 8.62. The van der Waals surface area contributed by atoms with Crippen LogP contribution in [0.15, 0.2) is 76.7 Å². The van der Waals surface area contributed by atoms with Crippen LogP contribution in [0.25, 0.3) is 22.8 Å². The van der Waals surface area contributed by atoms with Gasteiger partial charge in [0.2, 0.25) is 0 Å². The zero-order valence-electron chi connectivity index (χ0n) is 20.4. The molecule has 1 aliphatic rings. The van der Waals surface area contributed by atoms with Crippen molar-refractivity contribution in [1.82, 2.24) is 14.0 Å². The normalized spacial score (nSPS) is 16.1. The topological polar surface area (TPSA) is 104 Å². The number of benzene rings is 1. The quantitative estimate of drug-likeness (QED) is 0.230. The minimum absolute atomic E-state index is 0.0172. The van der Waals surface area contributed by atoms with Gasteiger partial charge < -0.3 is 14.0 Å². The van der Waals surface area contributed by atoms with Crippen molar-refractivity contribution in [3.8, 4) is 0 Å². The molecule has 1 aliphatic heterocycles. The van der Waals surface area contributed by atoms with Crippen molar-refractivity contribution in [2.24, 2.45) is 4.99 Å². The van der Waals surface area contributed by atoms with E-state index in [9.17, 15) is 14.4 Å². The lowest BCUT2D eigenvalue weighted by Crippen LogP contribution is -2.35. The third-order valence-electron chi connectivity index (χ3n) is 6.13. The first-order chi connectivity index (χ1) is 18.0. The maximum atomic E-state index is 13.4. The van der Waals surface area contributed by atoms with Crippen LogP contribution in [0.2, 0.25) is 0 Å². The summed E-state index contributed by atoms with van der Waals surface area (Å²) in [5.74, 6) is -1.24. The van der Waals surface area contributed by atoms with Gasteiger partial charge in [-0.05, 0) is 49.6 Å². The van der Waals surface area contributed by atoms with Crippen LogP contribution in [0, 0.1) is 0 Å². The number of fused-ring (bicyclic) bond motifs is 2. The molecule has 0 saturated carbocycles. The summed E-state index contributed by atoms with van der Waals surface area (Å²) in [6, 6.07) is 16.0. The Kier molecular flexibility index (Phi) is 7.04. The maximum Gasteiger partial charge on any atom is 0.341 e. The highest BCUT2D eigenvalue weighted by Crippen LogP contribution is 2.17. The lowest BCUT2D eigenvalue weighted by molar-refractivity contribution is -0.113. The number of aromatic nitrogens is 3. The fourth-order valence-electron chi connectivity index (χ4n) is 4.40. The van der Waals surface area contributed by atoms with Gasteiger partial charge in [0, 0.05) is 18.9 Å². The molecule has 4 heterocycles. The van der Waals surface area contributed by atoms with Crippen molar-refractivity contribution in [1.29, 1.82) is 0 Å². The number of rotatable bonds is 6. The fraction of sp³-hybridized carbons (Fsp3) is 0.250. The second-order valence-electron chi connectivity index (χ2n) is 8.62. The molecule has 5 rings (SSSR count). The van der Waals surface area contributed by atoms with E-state index in [1.807, 2.05) is 30.3 Å². The van der Waals surface area contributed by atoms with Crippen LogP contribution < -0.4 is 11.0 Å². The van der Waals surface area contributed by atoms with Gasteiger partial charge in [-0.1, -0.05) is 36.4 Å². The van der Waals surface area contributed by atoms with Gasteiger partial charge in [-0.3, -0.25) is 14.0 Å². The Hall–Kier alpha value is -4.37. The average Bonchev–Trinajstić information content (AvgIpc) is 3.43. The number of ether oxygens (including phenoxy) is 2. The molecule has 0 aliphatic carbocycles. The lowest BCUT2D eigenvalue weighted by atomic mass is 10.2. The van der Waals surface area contributed by atoms with E-state index in [0.717, 1.165) is 18.4 Å². The number of carbonyl (C=O) groups is 2. The fourth-order valence-corrected chi connectivity index (χ4v) is 4.40. The molecule has 1 unspecified atom stereocenters. The third-order valence-corrected chi connectivity index (χ3v) is 6.13. The highest BCUT2D eigenvalue weighted by molar-refractivity contribution is 5.95. The van der Waals surface area contributed by atoms with Crippen molar-refractivity contribution in [3.05, 3.63) is 93.8 Å². The van der Waals surface area contributed by atoms with E-state index in [4.69, 9.17) is 14.5 Å². The number of nitrogens with zero attached hydrogens (tertiary/aromatic N) is 4. The number of esters is 1. The largest absolute Gasteiger partial charge is 0.462 e. The van der Waals surface area contributed by atoms with Gasteiger partial charge >= 0.3 is 5.97 Å². The van der Waals surface area contributed by atoms with Gasteiger partial charge in [-0.2, -0.15) is 4.99 Å². The van der Waals surface area contributed by atoms with E-state index in [1.54, 1.807) is 42.0 Å². The van der Waals surface area contributed by atoms with Crippen molar-refractivity contribution in [2.75, 3.05) is 13.2 Å². The molecule has 1 fully saturated rings. The zero-order valence-corrected chi connectivity index (χ0v) is 20.4. The Labute approximate surface area is 212 Å². The molecule has 0 spiro atoms. The first kappa shape index (κ1) is 24.3. The summed E-state index contributed by atoms with van der Waals surface area (Å²) in [6.45, 7) is 2.70. The lowest BCUT2D eigenvalue weighted by Gasteiger charge is -2.17. The third kappa shape index (κ3) is 5.12. The van der Waals surface area contributed by atoms with Gasteiger partial charge in [-0.25, -0.2) is 9.78 Å². The minimum atomic E-state index is -0.679. The van der Waals surface area contributed by atoms with Crippen LogP contribution in [0.4, 0.5) is 0 Å². The molecule has 37 heavy (non-hydrogen) atoms. The summed E-state index contributed by atoms with van der Waals surface area (Å²) < 4.78 is 14.2. The molecule has 1 saturated heterocycles. The van der Waals surface area contributed by atoms with Crippen LogP contribution >= 0.6 is 0 Å². The first-order valence-corrected chi connectivity index (χ1v) is 12.2. The standard InChI is InChI=1S/C28H26N4O5/c1-2-36-28(35)22-17-21-25(29-23-12-6-7-15-31(23)27(21)34)32(18-20-11-8-16-37-20)26(22)30-24(33)14-13-19-9-4-3-5-10-19/h3-7,9-10,12-15,17,20H,2,8,11,16,18H2,1H3/b14-13+,30-26?. The molecule has 0 bridgehead atoms. The van der Waals surface area contributed by atoms with E-state index in [0.29, 0.717) is 17.9 Å². The molecule has 3 aromatic heterocycles. The highest BCUT2D eigenvalue weighted by Gasteiger charge is 2.23. The van der Waals surface area contributed by atoms with Crippen LogP contribution in [0.1, 0.15) is 35.7 Å². The Morgan fingerprint density at radius 3 is 2.76 bits per heavy atom. The Balaban J connectivity index is 1.77. The highest BCUT2D eigenvalue weighted by atomic mass is 16.5. The van der Waals surface area contributed by atoms with Crippen molar-refractivity contribution in [3.63, 3.8) is 0 Å². The van der Waals surface area contributed by atoms with E-state index in [2.05, 4.69) is 4.99 Å². The molecular weight excluding hydrogens is 472 g/mol. The predicted octanol–water partition coefficient (Wildman–Crippen LogP) is 3.15. The van der Waals surface area contributed by atoms with Crippen LogP contribution in [-0.2, 0) is 20.8 Å². The number of pyridine rings is 2. The van der Waals surface area contributed by atoms with Gasteiger partial charge in [0.25, 0.3) is 11.5 Å². The molecule has 0 radical (unpaired) electrons. The summed E-state index contributed by atoms with van der Waals surface area (Å²) in [5, 5.41) is 0.218. The number of hydrogen-bond donors (Lipinski definition) is 0. The van der Waals surface area contributed by atoms with E-state index in [-0.39, 0.29) is 41.3 Å².